The van der Waals surface area contributed by atoms with Crippen LogP contribution in [0.4, 0.5) is 0 Å². The Kier molecular flexibility index (Phi) is 81.2. The topological polar surface area (TPSA) is 364 Å². The van der Waals surface area contributed by atoms with Gasteiger partial charge in [-0.25, -0.2) is 0 Å². The Balaban J connectivity index is -0.000000164. The van der Waals surface area contributed by atoms with Gasteiger partial charge in [-0.2, -0.15) is 0 Å². The summed E-state index contributed by atoms with van der Waals surface area (Å²) in [5, 5.41) is 119. The van der Waals surface area contributed by atoms with Crippen molar-refractivity contribution in [3.8, 4) is 0 Å². The van der Waals surface area contributed by atoms with Crippen LogP contribution in [0.5, 0.6) is 0 Å². The highest BCUT2D eigenvalue weighted by Gasteiger charge is 2.25. The average molecular weight is 1440 g/mol. The summed E-state index contributed by atoms with van der Waals surface area (Å²) in [4.78, 5) is 0. The van der Waals surface area contributed by atoms with Gasteiger partial charge < -0.3 is 30.6 Å². The van der Waals surface area contributed by atoms with Crippen LogP contribution in [0.25, 0.3) is 21.5 Å². The number of hydrogen-bond acceptors (Lipinski definition) is 18. The summed E-state index contributed by atoms with van der Waals surface area (Å²) >= 11 is 0. The summed E-state index contributed by atoms with van der Waals surface area (Å²) < 4.78 is 0. The second kappa shape index (κ2) is 74.3. The molecule has 0 amide bonds. The number of aliphatic hydroxyl groups is 6. The van der Waals surface area contributed by atoms with Crippen LogP contribution in [0.1, 0.15) is 227 Å². The van der Waals surface area contributed by atoms with Crippen LogP contribution in [0.3, 0.4) is 0 Å². The Morgan fingerprint density at radius 3 is 1.08 bits per heavy atom. The van der Waals surface area contributed by atoms with Gasteiger partial charge in [0, 0.05) is 42.7 Å². The molecule has 18 N–H and O–H groups in total. The van der Waals surface area contributed by atoms with Gasteiger partial charge in [-0.05, 0) is 188 Å². The zero-order chi connectivity index (χ0) is 80.9. The van der Waals surface area contributed by atoms with E-state index in [9.17, 15) is 0 Å². The second-order valence-corrected chi connectivity index (χ2v) is 24.7. The molecule has 8 aromatic carbocycles. The third-order valence-corrected chi connectivity index (χ3v) is 17.8. The minimum absolute atomic E-state index is 0.267. The van der Waals surface area contributed by atoms with E-state index in [0.29, 0.717) is 23.7 Å². The third-order valence-electron chi connectivity index (χ3n) is 17.8. The molecule has 0 bridgehead atoms. The van der Waals surface area contributed by atoms with E-state index in [-0.39, 0.29) is 5.41 Å². The molecule has 0 saturated heterocycles. The largest absolute Gasteiger partial charge is 0.400 e. The number of aliphatic hydroxyl groups excluding tert-OH is 6. The van der Waals surface area contributed by atoms with Crippen molar-refractivity contribution in [2.24, 2.45) is 17.8 Å². The second-order valence-electron chi connectivity index (χ2n) is 24.7. The molecule has 8 aromatic rings. The summed E-state index contributed by atoms with van der Waals surface area (Å²) in [6.45, 7) is 38.6. The Morgan fingerprint density at radius 2 is 0.667 bits per heavy atom. The van der Waals surface area contributed by atoms with Crippen molar-refractivity contribution in [3.63, 3.8) is 0 Å². The molecule has 0 radical (unpaired) electrons. The van der Waals surface area contributed by atoms with Crippen LogP contribution in [-0.4, -0.2) is 136 Å². The fourth-order valence-electron chi connectivity index (χ4n) is 10.6. The lowest BCUT2D eigenvalue weighted by Crippen LogP contribution is -2.20. The zero-order valence-electron chi connectivity index (χ0n) is 66.1. The molecule has 584 valence electrons. The van der Waals surface area contributed by atoms with Crippen LogP contribution < -0.4 is 0 Å². The summed E-state index contributed by atoms with van der Waals surface area (Å²) in [6.07, 6.45) is 9.83. The van der Waals surface area contributed by atoms with Gasteiger partial charge in [0.15, 0.2) is 0 Å². The van der Waals surface area contributed by atoms with Crippen LogP contribution in [0, 0.1) is 24.7 Å². The highest BCUT2D eigenvalue weighted by Crippen LogP contribution is 2.37. The van der Waals surface area contributed by atoms with Gasteiger partial charge in [0.2, 0.25) is 0 Å². The molecule has 10 rings (SSSR count). The summed E-state index contributed by atoms with van der Waals surface area (Å²) in [5.74, 6) is 6.05. The molecule has 0 fully saturated rings. The molecule has 18 nitrogen and oxygen atoms in total. The lowest BCUT2D eigenvalue weighted by Gasteiger charge is -2.27. The van der Waals surface area contributed by atoms with Crippen molar-refractivity contribution in [2.75, 3.05) is 42.7 Å². The molecule has 0 aliphatic heterocycles. The van der Waals surface area contributed by atoms with Crippen molar-refractivity contribution in [1.82, 2.24) is 0 Å². The number of fused-ring (bicyclic) bond motifs is 5. The molecule has 8 atom stereocenters. The lowest BCUT2D eigenvalue weighted by molar-refractivity contribution is -0.176. The first-order chi connectivity index (χ1) is 49.3. The van der Waals surface area contributed by atoms with E-state index in [4.69, 9.17) is 93.7 Å². The highest BCUT2D eigenvalue weighted by molar-refractivity contribution is 6.07. The number of benzene rings is 8. The maximum absolute atomic E-state index is 7.00. The van der Waals surface area contributed by atoms with Crippen LogP contribution in [0.15, 0.2) is 176 Å². The van der Waals surface area contributed by atoms with Gasteiger partial charge in [-0.1, -0.05) is 292 Å². The van der Waals surface area contributed by atoms with Gasteiger partial charge >= 0.3 is 0 Å². The Morgan fingerprint density at radius 1 is 0.333 bits per heavy atom. The van der Waals surface area contributed by atoms with Crippen molar-refractivity contribution >= 4 is 21.5 Å². The van der Waals surface area contributed by atoms with E-state index < -0.39 is 0 Å². The summed E-state index contributed by atoms with van der Waals surface area (Å²) in [7, 11) is 6.00. The van der Waals surface area contributed by atoms with Gasteiger partial charge in [-0.15, -0.1) is 0 Å². The molecule has 0 spiro atoms. The Bertz CT molecular complexity index is 3030. The van der Waals surface area contributed by atoms with E-state index in [1.165, 1.54) is 105 Å². The molecule has 8 unspecified atom stereocenters. The molecule has 18 heteroatoms. The smallest absolute Gasteiger partial charge is 0.0319 e. The first kappa shape index (κ1) is 111. The van der Waals surface area contributed by atoms with Gasteiger partial charge in [0.25, 0.3) is 0 Å². The Labute approximate surface area is 614 Å². The van der Waals surface area contributed by atoms with Crippen molar-refractivity contribution < 1.29 is 93.7 Å². The van der Waals surface area contributed by atoms with Gasteiger partial charge in [0.05, 0.1) is 0 Å². The van der Waals surface area contributed by atoms with Crippen LogP contribution >= 0.6 is 0 Å². The molecule has 102 heavy (non-hydrogen) atoms. The normalized spacial score (nSPS) is 14.2. The first-order valence-corrected chi connectivity index (χ1v) is 34.5. The Hall–Kier alpha value is -6.44. The van der Waals surface area contributed by atoms with Crippen molar-refractivity contribution in [2.45, 2.75) is 204 Å². The maximum Gasteiger partial charge on any atom is 0.0319 e. The zero-order valence-corrected chi connectivity index (χ0v) is 66.1. The van der Waals surface area contributed by atoms with Gasteiger partial charge in [0.1, 0.15) is 0 Å². The molecule has 0 heterocycles. The minimum Gasteiger partial charge on any atom is -0.400 e. The predicted octanol–water partition coefficient (Wildman–Crippen LogP) is 21.1. The highest BCUT2D eigenvalue weighted by atomic mass is 17.0. The van der Waals surface area contributed by atoms with Crippen LogP contribution in [-0.2, 0) is 31.1 Å². The molecular formula is C84H140O18. The molecule has 2 aliphatic carbocycles. The summed E-state index contributed by atoms with van der Waals surface area (Å²) in [6, 6.07) is 64.4. The predicted molar refractivity (Wildman–Crippen MR) is 429 cm³/mol. The van der Waals surface area contributed by atoms with E-state index in [1.807, 2.05) is 0 Å². The maximum atomic E-state index is 7.00. The fourth-order valence-corrected chi connectivity index (χ4v) is 10.6. The van der Waals surface area contributed by atoms with E-state index >= 15 is 0 Å². The molecule has 0 aromatic heterocycles. The van der Waals surface area contributed by atoms with Crippen molar-refractivity contribution in [3.05, 3.63) is 237 Å². The van der Waals surface area contributed by atoms with E-state index in [0.717, 1.165) is 72.8 Å². The van der Waals surface area contributed by atoms with E-state index in [2.05, 4.69) is 294 Å². The average Bonchev–Trinajstić information content (AvgIpc) is 0.966. The monoisotopic (exact) mass is 1440 g/mol. The minimum atomic E-state index is 0.267. The molecule has 2 aliphatic rings. The van der Waals surface area contributed by atoms with Crippen molar-refractivity contribution in [1.29, 1.82) is 0 Å². The third kappa shape index (κ3) is 44.3. The van der Waals surface area contributed by atoms with Crippen LogP contribution in [0.2, 0.25) is 0 Å². The fraction of sp³-hybridized carbons (Fsp3) is 0.476. The quantitative estimate of drug-likeness (QED) is 0.0362. The molecular weight excluding hydrogens is 1300 g/mol. The number of rotatable bonds is 9. The van der Waals surface area contributed by atoms with E-state index in [1.54, 1.807) is 22.3 Å². The molecule has 0 saturated carbocycles. The van der Waals surface area contributed by atoms with Gasteiger partial charge in [-0.3, -0.25) is 63.1 Å². The summed E-state index contributed by atoms with van der Waals surface area (Å²) in [5.41, 5.74) is 16.6. The number of hydrogen-bond donors (Lipinski definition) is 18. The standard InChI is InChI=1S/C18H18.C14H22.C12H16.C12H18.C11H14.C11H16.6CH4O.6H2O2/c1-3-13(2)16-11-10-15-9-8-14-6-4-5-7-17(14)18(15)12-16;1-6-11(2)12-8-7-9-13(10-12)14(3,4)5;1-9-7-11-5-3-4-6-12(11)8-10(9)2;1-4-10(3)12-8-6-7-11(5-2)9-12;1-8-7-10-5-3-4-6-11(10)9(8)2;1-4-10(3)11-7-5-9(2)6-8-11;12*1-2/h4-13H,3H2,1-2H3;7-11H,6H2,1-5H3;3-6,9-10H,7-8H2,1-2H3;6-10H,4-5H2,1-3H3;3-6,8-9H,7H2,1-2H3;5-8,10H,4H2,1-3H3;6*2H,1H3;6*1-2H. The SMILES string of the molecule is CC1Cc2ccccc2C1C.CC1Cc2ccccc2CC1C.CCC(C)c1ccc(C)cc1.CCC(C)c1ccc2ccc3ccccc3c2c1.CCC(C)c1cccc(C(C)(C)C)c1.CCc1cccc(C(C)CC)c1.CO.CO.CO.CO.CO.CO.OO.OO.OO.OO.OO.OO. The number of aryl methyl sites for hydroxylation is 2. The first-order valence-electron chi connectivity index (χ1n) is 34.5. The lowest BCUT2D eigenvalue weighted by atomic mass is 9.78.